The van der Waals surface area contributed by atoms with E-state index in [9.17, 15) is 0 Å². The van der Waals surface area contributed by atoms with Crippen LogP contribution in [0.25, 0.3) is 11.0 Å². The van der Waals surface area contributed by atoms with Gasteiger partial charge < -0.3 is 15.5 Å². The predicted octanol–water partition coefficient (Wildman–Crippen LogP) is 1.58. The fraction of sp³-hybridized carbons (Fsp3) is 0.333. The van der Waals surface area contributed by atoms with E-state index in [2.05, 4.69) is 16.0 Å². The lowest BCUT2D eigenvalue weighted by atomic mass is 10.2. The number of aromatic amines is 1. The van der Waals surface area contributed by atoms with Gasteiger partial charge in [0.05, 0.1) is 11.0 Å². The molecule has 0 aliphatic rings. The number of pyridine rings is 1. The van der Waals surface area contributed by atoms with Crippen LogP contribution in [0.1, 0.15) is 18.2 Å². The maximum atomic E-state index is 8.81. The highest BCUT2D eigenvalue weighted by Gasteiger charge is 2.03. The third-order valence-corrected chi connectivity index (χ3v) is 2.15. The van der Waals surface area contributed by atoms with E-state index in [0.717, 1.165) is 29.4 Å². The molecule has 4 heteroatoms. The Kier molecular flexibility index (Phi) is 4.66. The number of H-pyrrole nitrogens is 1. The molecule has 0 aromatic carbocycles. The molecule has 0 fully saturated rings. The van der Waals surface area contributed by atoms with Crippen LogP contribution in [-0.2, 0) is 11.2 Å². The number of rotatable bonds is 2. The minimum Gasteiger partial charge on any atom is -0.360 e. The predicted molar refractivity (Wildman–Crippen MR) is 65.3 cm³/mol. The molecule has 4 nitrogen and oxygen atoms in total. The smallest absolute Gasteiger partial charge is 0.116 e. The first-order valence-corrected chi connectivity index (χ1v) is 5.26. The van der Waals surface area contributed by atoms with Crippen molar-refractivity contribution in [2.45, 2.75) is 20.3 Å². The van der Waals surface area contributed by atoms with Gasteiger partial charge in [0.25, 0.3) is 0 Å². The summed E-state index contributed by atoms with van der Waals surface area (Å²) in [7, 11) is 0. The van der Waals surface area contributed by atoms with Crippen molar-refractivity contribution in [2.24, 2.45) is 5.73 Å². The molecule has 0 aliphatic carbocycles. The number of hydrogen-bond donors (Lipinski definition) is 2. The molecule has 2 heterocycles. The third-order valence-electron chi connectivity index (χ3n) is 2.15. The number of carbonyl (C=O) groups excluding carboxylic acids is 1. The lowest BCUT2D eigenvalue weighted by molar-refractivity contribution is -0.106. The van der Waals surface area contributed by atoms with Gasteiger partial charge in [0.2, 0.25) is 0 Å². The zero-order chi connectivity index (χ0) is 12.0. The van der Waals surface area contributed by atoms with Crippen molar-refractivity contribution < 1.29 is 4.79 Å². The standard InChI is InChI=1S/C10H13N3.C2H4O/c1-7-2-3-9-10(13-7)8(4-5-11)6-12-9;1-2-3/h2-3,6,12H,4-5,11H2,1H3;2H,1H3. The van der Waals surface area contributed by atoms with Gasteiger partial charge >= 0.3 is 0 Å². The van der Waals surface area contributed by atoms with E-state index in [4.69, 9.17) is 10.5 Å². The Morgan fingerprint density at radius 1 is 1.50 bits per heavy atom. The number of aryl methyl sites for hydroxylation is 1. The quantitative estimate of drug-likeness (QED) is 0.753. The first kappa shape index (κ1) is 12.4. The highest BCUT2D eigenvalue weighted by molar-refractivity contribution is 5.78. The molecule has 2 rings (SSSR count). The number of aldehydes is 1. The number of nitrogens with zero attached hydrogens (tertiary/aromatic N) is 1. The second-order valence-electron chi connectivity index (χ2n) is 3.44. The van der Waals surface area contributed by atoms with Crippen molar-refractivity contribution in [3.05, 3.63) is 29.6 Å². The van der Waals surface area contributed by atoms with Gasteiger partial charge in [-0.3, -0.25) is 4.98 Å². The molecule has 0 unspecified atom stereocenters. The monoisotopic (exact) mass is 219 g/mol. The molecule has 0 atom stereocenters. The summed E-state index contributed by atoms with van der Waals surface area (Å²) in [5.41, 5.74) is 9.92. The molecular formula is C12H17N3O. The van der Waals surface area contributed by atoms with Gasteiger partial charge in [0.1, 0.15) is 6.29 Å². The molecule has 2 aromatic rings. The zero-order valence-corrected chi connectivity index (χ0v) is 9.66. The number of aromatic nitrogens is 2. The highest BCUT2D eigenvalue weighted by atomic mass is 16.1. The van der Waals surface area contributed by atoms with Crippen LogP contribution in [0.2, 0.25) is 0 Å². The molecule has 16 heavy (non-hydrogen) atoms. The Hall–Kier alpha value is -1.68. The van der Waals surface area contributed by atoms with Gasteiger partial charge in [0.15, 0.2) is 0 Å². The maximum Gasteiger partial charge on any atom is 0.116 e. The van der Waals surface area contributed by atoms with Crippen LogP contribution in [0.5, 0.6) is 0 Å². The number of carbonyl (C=O) groups is 1. The highest BCUT2D eigenvalue weighted by Crippen LogP contribution is 2.16. The lowest BCUT2D eigenvalue weighted by Gasteiger charge is -1.96. The Balaban J connectivity index is 0.000000386. The summed E-state index contributed by atoms with van der Waals surface area (Å²) in [5, 5.41) is 0. The topological polar surface area (TPSA) is 71.8 Å². The van der Waals surface area contributed by atoms with E-state index in [0.29, 0.717) is 6.54 Å². The van der Waals surface area contributed by atoms with Crippen LogP contribution in [0.3, 0.4) is 0 Å². The van der Waals surface area contributed by atoms with Crippen LogP contribution in [0.4, 0.5) is 0 Å². The van der Waals surface area contributed by atoms with Gasteiger partial charge in [-0.2, -0.15) is 0 Å². The fourth-order valence-corrected chi connectivity index (χ4v) is 1.50. The van der Waals surface area contributed by atoms with Crippen molar-refractivity contribution in [3.63, 3.8) is 0 Å². The molecule has 0 spiro atoms. The van der Waals surface area contributed by atoms with Crippen molar-refractivity contribution >= 4 is 17.3 Å². The van der Waals surface area contributed by atoms with E-state index in [-0.39, 0.29) is 0 Å². The van der Waals surface area contributed by atoms with Crippen LogP contribution in [-0.4, -0.2) is 22.8 Å². The Morgan fingerprint density at radius 3 is 2.81 bits per heavy atom. The third kappa shape index (κ3) is 2.90. The summed E-state index contributed by atoms with van der Waals surface area (Å²) >= 11 is 0. The first-order valence-electron chi connectivity index (χ1n) is 5.26. The number of nitrogens with two attached hydrogens (primary N) is 1. The number of fused-ring (bicyclic) bond motifs is 1. The summed E-state index contributed by atoms with van der Waals surface area (Å²) < 4.78 is 0. The number of hydrogen-bond acceptors (Lipinski definition) is 3. The molecule has 0 amide bonds. The molecule has 0 saturated carbocycles. The van der Waals surface area contributed by atoms with E-state index in [1.807, 2.05) is 19.2 Å². The van der Waals surface area contributed by atoms with E-state index >= 15 is 0 Å². The Morgan fingerprint density at radius 2 is 2.19 bits per heavy atom. The lowest BCUT2D eigenvalue weighted by Crippen LogP contribution is -2.02. The van der Waals surface area contributed by atoms with Crippen molar-refractivity contribution in [3.8, 4) is 0 Å². The summed E-state index contributed by atoms with van der Waals surface area (Å²) in [4.78, 5) is 16.5. The van der Waals surface area contributed by atoms with E-state index in [1.165, 1.54) is 12.5 Å². The van der Waals surface area contributed by atoms with Gasteiger partial charge in [-0.25, -0.2) is 0 Å². The fourth-order valence-electron chi connectivity index (χ4n) is 1.50. The van der Waals surface area contributed by atoms with Crippen LogP contribution in [0, 0.1) is 6.92 Å². The molecule has 2 aromatic heterocycles. The molecule has 0 saturated heterocycles. The normalized spacial score (nSPS) is 9.69. The van der Waals surface area contributed by atoms with Crippen LogP contribution >= 0.6 is 0 Å². The summed E-state index contributed by atoms with van der Waals surface area (Å²) in [6.45, 7) is 4.11. The molecule has 3 N–H and O–H groups in total. The average molecular weight is 219 g/mol. The minimum atomic E-state index is 0.669. The minimum absolute atomic E-state index is 0.669. The van der Waals surface area contributed by atoms with Crippen LogP contribution < -0.4 is 5.73 Å². The number of nitrogens with one attached hydrogen (secondary N) is 1. The van der Waals surface area contributed by atoms with Gasteiger partial charge in [-0.05, 0) is 44.5 Å². The summed E-state index contributed by atoms with van der Waals surface area (Å²) in [5.74, 6) is 0. The Bertz CT molecular complexity index is 462. The van der Waals surface area contributed by atoms with E-state index < -0.39 is 0 Å². The second-order valence-corrected chi connectivity index (χ2v) is 3.44. The molecule has 0 aliphatic heterocycles. The molecular weight excluding hydrogens is 202 g/mol. The van der Waals surface area contributed by atoms with Crippen molar-refractivity contribution in [2.75, 3.05) is 6.54 Å². The van der Waals surface area contributed by atoms with Crippen LogP contribution in [0.15, 0.2) is 18.3 Å². The SMILES string of the molecule is CC=O.Cc1ccc2[nH]cc(CCN)c2n1. The summed E-state index contributed by atoms with van der Waals surface area (Å²) in [6.07, 6.45) is 3.63. The maximum absolute atomic E-state index is 8.81. The zero-order valence-electron chi connectivity index (χ0n) is 9.66. The van der Waals surface area contributed by atoms with Gasteiger partial charge in [-0.15, -0.1) is 0 Å². The largest absolute Gasteiger partial charge is 0.360 e. The molecule has 0 bridgehead atoms. The second kappa shape index (κ2) is 6.02. The van der Waals surface area contributed by atoms with Gasteiger partial charge in [0, 0.05) is 11.9 Å². The van der Waals surface area contributed by atoms with Gasteiger partial charge in [-0.1, -0.05) is 0 Å². The van der Waals surface area contributed by atoms with E-state index in [1.54, 1.807) is 0 Å². The molecule has 0 radical (unpaired) electrons. The Labute approximate surface area is 94.9 Å². The average Bonchev–Trinajstić information content (AvgIpc) is 2.63. The summed E-state index contributed by atoms with van der Waals surface area (Å²) in [6, 6.07) is 4.06. The molecule has 86 valence electrons. The van der Waals surface area contributed by atoms with Crippen molar-refractivity contribution in [1.82, 2.24) is 9.97 Å². The first-order chi connectivity index (χ1) is 7.72. The van der Waals surface area contributed by atoms with Crippen molar-refractivity contribution in [1.29, 1.82) is 0 Å².